The van der Waals surface area contributed by atoms with Gasteiger partial charge in [0, 0.05) is 12.3 Å². The van der Waals surface area contributed by atoms with Crippen molar-refractivity contribution in [2.24, 2.45) is 0 Å². The van der Waals surface area contributed by atoms with Crippen LogP contribution in [0.2, 0.25) is 0 Å². The predicted octanol–water partition coefficient (Wildman–Crippen LogP) is 1.44. The number of rotatable bonds is 2. The molecule has 0 amide bonds. The van der Waals surface area contributed by atoms with Crippen molar-refractivity contribution < 1.29 is 10.2 Å². The van der Waals surface area contributed by atoms with Gasteiger partial charge >= 0.3 is 0 Å². The van der Waals surface area contributed by atoms with Gasteiger partial charge in [0.25, 0.3) is 0 Å². The van der Waals surface area contributed by atoms with Crippen molar-refractivity contribution in [2.45, 2.75) is 0 Å². The molecule has 74 valence electrons. The molecule has 1 aromatic carbocycles. The number of hydrogen-bond acceptors (Lipinski definition) is 5. The molecule has 0 radical (unpaired) electrons. The van der Waals surface area contributed by atoms with Gasteiger partial charge in [-0.25, -0.2) is 0 Å². The minimum atomic E-state index is -0.127. The molecule has 1 rings (SSSR count). The Kier molecular flexibility index (Phi) is 3.15. The van der Waals surface area contributed by atoms with Crippen LogP contribution < -0.4 is 5.32 Å². The topological polar surface area (TPSA) is 100 Å². The van der Waals surface area contributed by atoms with Gasteiger partial charge in [-0.05, 0) is 12.1 Å². The summed E-state index contributed by atoms with van der Waals surface area (Å²) in [6.07, 6.45) is 1.15. The van der Waals surface area contributed by atoms with Crippen molar-refractivity contribution in [1.29, 1.82) is 10.5 Å². The summed E-state index contributed by atoms with van der Waals surface area (Å²) in [5, 5.41) is 37.8. The Morgan fingerprint density at radius 3 is 2.53 bits per heavy atom. The summed E-state index contributed by atoms with van der Waals surface area (Å²) < 4.78 is 0. The van der Waals surface area contributed by atoms with Crippen LogP contribution in [0.5, 0.6) is 11.5 Å². The molecular formula is C10H7N3O2. The van der Waals surface area contributed by atoms with E-state index >= 15 is 0 Å². The lowest BCUT2D eigenvalue weighted by molar-refractivity contribution is 0.462. The van der Waals surface area contributed by atoms with Crippen LogP contribution in [0.3, 0.4) is 0 Å². The molecule has 1 aromatic rings. The average molecular weight is 201 g/mol. The lowest BCUT2D eigenvalue weighted by Crippen LogP contribution is -1.90. The summed E-state index contributed by atoms with van der Waals surface area (Å²) in [7, 11) is 0. The number of hydrogen-bond donors (Lipinski definition) is 3. The van der Waals surface area contributed by atoms with Crippen molar-refractivity contribution >= 4 is 5.69 Å². The quantitative estimate of drug-likeness (QED) is 0.382. The molecule has 5 heteroatoms. The standard InChI is InChI=1S/C10H7N3O2/c11-4-7(5-12)6-13-9-3-8(14)1-2-10(9)15/h1-3,6,13-15H. The van der Waals surface area contributed by atoms with Gasteiger partial charge in [-0.2, -0.15) is 10.5 Å². The van der Waals surface area contributed by atoms with Crippen molar-refractivity contribution in [1.82, 2.24) is 0 Å². The number of benzene rings is 1. The van der Waals surface area contributed by atoms with Crippen LogP contribution in [0.4, 0.5) is 5.69 Å². The van der Waals surface area contributed by atoms with Crippen molar-refractivity contribution in [3.8, 4) is 23.6 Å². The summed E-state index contributed by atoms with van der Waals surface area (Å²) in [6, 6.07) is 7.19. The molecule has 0 bridgehead atoms. The van der Waals surface area contributed by atoms with Crippen LogP contribution in [-0.4, -0.2) is 10.2 Å². The maximum absolute atomic E-state index is 9.32. The molecule has 0 aliphatic carbocycles. The van der Waals surface area contributed by atoms with Gasteiger partial charge in [0.1, 0.15) is 29.2 Å². The number of nitrogens with one attached hydrogen (secondary N) is 1. The van der Waals surface area contributed by atoms with Gasteiger partial charge < -0.3 is 15.5 Å². The summed E-state index contributed by atoms with van der Waals surface area (Å²) in [5.74, 6) is -0.113. The number of anilines is 1. The largest absolute Gasteiger partial charge is 0.508 e. The van der Waals surface area contributed by atoms with E-state index in [2.05, 4.69) is 5.32 Å². The van der Waals surface area contributed by atoms with Crippen LogP contribution in [0, 0.1) is 22.7 Å². The lowest BCUT2D eigenvalue weighted by Gasteiger charge is -2.03. The first-order valence-electron chi connectivity index (χ1n) is 3.96. The summed E-state index contributed by atoms with van der Waals surface area (Å²) in [6.45, 7) is 0. The molecule has 0 aliphatic heterocycles. The highest BCUT2D eigenvalue weighted by Crippen LogP contribution is 2.27. The first kappa shape index (κ1) is 10.4. The van der Waals surface area contributed by atoms with E-state index < -0.39 is 0 Å². The summed E-state index contributed by atoms with van der Waals surface area (Å²) in [4.78, 5) is 0. The Morgan fingerprint density at radius 2 is 1.93 bits per heavy atom. The van der Waals surface area contributed by atoms with Gasteiger partial charge in [0.05, 0.1) is 5.69 Å². The first-order valence-corrected chi connectivity index (χ1v) is 3.96. The number of allylic oxidation sites excluding steroid dienone is 1. The van der Waals surface area contributed by atoms with Gasteiger partial charge in [0.2, 0.25) is 0 Å². The molecule has 5 nitrogen and oxygen atoms in total. The Labute approximate surface area is 86.1 Å². The van der Waals surface area contributed by atoms with E-state index in [1.54, 1.807) is 12.1 Å². The Morgan fingerprint density at radius 1 is 1.27 bits per heavy atom. The van der Waals surface area contributed by atoms with Gasteiger partial charge in [0.15, 0.2) is 0 Å². The molecular weight excluding hydrogens is 194 g/mol. The maximum atomic E-state index is 9.32. The monoisotopic (exact) mass is 201 g/mol. The first-order chi connectivity index (χ1) is 7.17. The number of phenols is 2. The van der Waals surface area contributed by atoms with Gasteiger partial charge in [-0.15, -0.1) is 0 Å². The van der Waals surface area contributed by atoms with Crippen LogP contribution in [0.15, 0.2) is 30.0 Å². The highest BCUT2D eigenvalue weighted by Gasteiger charge is 2.00. The fourth-order valence-electron chi connectivity index (χ4n) is 0.879. The second-order valence-electron chi connectivity index (χ2n) is 2.63. The van der Waals surface area contributed by atoms with Crippen molar-refractivity contribution in [2.75, 3.05) is 5.32 Å². The van der Waals surface area contributed by atoms with Crippen LogP contribution in [0.1, 0.15) is 0 Å². The summed E-state index contributed by atoms with van der Waals surface area (Å²) >= 11 is 0. The number of phenolic OH excluding ortho intramolecular Hbond substituents is 2. The van der Waals surface area contributed by atoms with Gasteiger partial charge in [-0.3, -0.25) is 0 Å². The molecule has 0 aliphatic rings. The van der Waals surface area contributed by atoms with E-state index in [9.17, 15) is 5.11 Å². The van der Waals surface area contributed by atoms with E-state index in [0.29, 0.717) is 0 Å². The summed E-state index contributed by atoms with van der Waals surface area (Å²) in [5.41, 5.74) is 0.0933. The van der Waals surface area contributed by atoms with E-state index in [4.69, 9.17) is 15.6 Å². The van der Waals surface area contributed by atoms with E-state index in [1.165, 1.54) is 18.2 Å². The Balaban J connectivity index is 2.92. The molecule has 0 saturated carbocycles. The zero-order valence-electron chi connectivity index (χ0n) is 7.60. The zero-order valence-corrected chi connectivity index (χ0v) is 7.60. The fourth-order valence-corrected chi connectivity index (χ4v) is 0.879. The molecule has 15 heavy (non-hydrogen) atoms. The molecule has 0 heterocycles. The fraction of sp³-hybridized carbons (Fsp3) is 0. The predicted molar refractivity (Wildman–Crippen MR) is 52.7 cm³/mol. The molecule has 0 saturated heterocycles. The molecule has 0 fully saturated rings. The lowest BCUT2D eigenvalue weighted by atomic mass is 10.2. The smallest absolute Gasteiger partial charge is 0.145 e. The van der Waals surface area contributed by atoms with Crippen LogP contribution in [-0.2, 0) is 0 Å². The molecule has 0 aromatic heterocycles. The van der Waals surface area contributed by atoms with E-state index in [0.717, 1.165) is 6.20 Å². The van der Waals surface area contributed by atoms with Crippen LogP contribution >= 0.6 is 0 Å². The molecule has 3 N–H and O–H groups in total. The zero-order chi connectivity index (χ0) is 11.3. The maximum Gasteiger partial charge on any atom is 0.145 e. The number of nitrogens with zero attached hydrogens (tertiary/aromatic N) is 2. The third-order valence-electron chi connectivity index (χ3n) is 1.59. The minimum Gasteiger partial charge on any atom is -0.508 e. The molecule has 0 spiro atoms. The Hall–Kier alpha value is -2.66. The normalized spacial score (nSPS) is 8.40. The van der Waals surface area contributed by atoms with Crippen molar-refractivity contribution in [3.63, 3.8) is 0 Å². The average Bonchev–Trinajstić information content (AvgIpc) is 2.24. The number of aromatic hydroxyl groups is 2. The SMILES string of the molecule is N#CC(C#N)=CNc1cc(O)ccc1O. The molecule has 0 unspecified atom stereocenters. The highest BCUT2D eigenvalue weighted by molar-refractivity contribution is 5.61. The molecule has 0 atom stereocenters. The number of nitriles is 2. The van der Waals surface area contributed by atoms with Crippen LogP contribution in [0.25, 0.3) is 0 Å². The van der Waals surface area contributed by atoms with Gasteiger partial charge in [-0.1, -0.05) is 0 Å². The Bertz CT molecular complexity index is 464. The van der Waals surface area contributed by atoms with Crippen molar-refractivity contribution in [3.05, 3.63) is 30.0 Å². The van der Waals surface area contributed by atoms with E-state index in [1.807, 2.05) is 0 Å². The third-order valence-corrected chi connectivity index (χ3v) is 1.59. The second kappa shape index (κ2) is 4.54. The minimum absolute atomic E-state index is 0.0286. The highest BCUT2D eigenvalue weighted by atomic mass is 16.3. The second-order valence-corrected chi connectivity index (χ2v) is 2.63. The van der Waals surface area contributed by atoms with E-state index in [-0.39, 0.29) is 22.8 Å². The third kappa shape index (κ3) is 2.64.